The zero-order chi connectivity index (χ0) is 15.1. The topological polar surface area (TPSA) is 57.9 Å². The van der Waals surface area contributed by atoms with Gasteiger partial charge in [0.2, 0.25) is 0 Å². The molecule has 0 aliphatic heterocycles. The molecule has 1 heterocycles. The molecule has 0 atom stereocenters. The summed E-state index contributed by atoms with van der Waals surface area (Å²) in [6, 6.07) is 8.80. The van der Waals surface area contributed by atoms with Gasteiger partial charge in [0.05, 0.1) is 20.5 Å². The Morgan fingerprint density at radius 2 is 2.10 bits per heavy atom. The van der Waals surface area contributed by atoms with Gasteiger partial charge >= 0.3 is 5.97 Å². The Balaban J connectivity index is 1.97. The lowest BCUT2D eigenvalue weighted by Gasteiger charge is -2.10. The van der Waals surface area contributed by atoms with Crippen molar-refractivity contribution in [2.24, 2.45) is 0 Å². The van der Waals surface area contributed by atoms with Gasteiger partial charge in [-0.25, -0.2) is 4.79 Å². The molecule has 0 saturated carbocycles. The summed E-state index contributed by atoms with van der Waals surface area (Å²) < 4.78 is 20.6. The number of rotatable bonds is 6. The lowest BCUT2D eigenvalue weighted by atomic mass is 10.2. The molecular weight excluding hydrogens is 272 g/mol. The van der Waals surface area contributed by atoms with Crippen molar-refractivity contribution in [1.82, 2.24) is 0 Å². The Kier molecular flexibility index (Phi) is 5.04. The molecule has 0 amide bonds. The van der Waals surface area contributed by atoms with E-state index >= 15 is 0 Å². The molecule has 2 aromatic rings. The third kappa shape index (κ3) is 4.14. The maximum atomic E-state index is 11.6. The highest BCUT2D eigenvalue weighted by atomic mass is 16.5. The molecule has 0 aliphatic rings. The van der Waals surface area contributed by atoms with Crippen LogP contribution < -0.4 is 9.47 Å². The van der Waals surface area contributed by atoms with Crippen molar-refractivity contribution in [3.8, 4) is 11.5 Å². The Labute approximate surface area is 122 Å². The van der Waals surface area contributed by atoms with Crippen LogP contribution in [0.1, 0.15) is 11.3 Å². The van der Waals surface area contributed by atoms with Gasteiger partial charge in [-0.2, -0.15) is 0 Å². The molecule has 110 valence electrons. The Hall–Kier alpha value is -2.69. The predicted octanol–water partition coefficient (Wildman–Crippen LogP) is 3.05. The molecule has 0 radical (unpaired) electrons. The molecule has 21 heavy (non-hydrogen) atoms. The molecule has 0 N–H and O–H groups in total. The van der Waals surface area contributed by atoms with Crippen molar-refractivity contribution in [3.63, 3.8) is 0 Å². The van der Waals surface area contributed by atoms with E-state index < -0.39 is 5.97 Å². The Bertz CT molecular complexity index is 614. The number of carbonyl (C=O) groups excluding carboxylic acids is 1. The summed E-state index contributed by atoms with van der Waals surface area (Å²) in [5.74, 6) is 1.44. The molecule has 1 aromatic carbocycles. The summed E-state index contributed by atoms with van der Waals surface area (Å²) in [6.07, 6.45) is 4.39. The van der Waals surface area contributed by atoms with Crippen molar-refractivity contribution in [2.45, 2.75) is 6.61 Å². The van der Waals surface area contributed by atoms with Crippen LogP contribution in [0.3, 0.4) is 0 Å². The first-order valence-corrected chi connectivity index (χ1v) is 6.32. The lowest BCUT2D eigenvalue weighted by Crippen LogP contribution is -2.02. The lowest BCUT2D eigenvalue weighted by molar-refractivity contribution is -0.138. The van der Waals surface area contributed by atoms with Crippen LogP contribution in [0.25, 0.3) is 6.08 Å². The summed E-state index contributed by atoms with van der Waals surface area (Å²) in [7, 11) is 3.13. The van der Waals surface area contributed by atoms with Crippen LogP contribution in [0.2, 0.25) is 0 Å². The molecule has 0 unspecified atom stereocenters. The smallest absolute Gasteiger partial charge is 0.331 e. The summed E-state index contributed by atoms with van der Waals surface area (Å²) in [4.78, 5) is 11.6. The number of benzene rings is 1. The second-order valence-electron chi connectivity index (χ2n) is 4.13. The highest BCUT2D eigenvalue weighted by Gasteiger charge is 2.07. The quantitative estimate of drug-likeness (QED) is 0.604. The number of carbonyl (C=O) groups is 1. The van der Waals surface area contributed by atoms with Gasteiger partial charge in [0.15, 0.2) is 0 Å². The van der Waals surface area contributed by atoms with E-state index in [0.29, 0.717) is 17.3 Å². The summed E-state index contributed by atoms with van der Waals surface area (Å²) in [6.45, 7) is 0.0989. The van der Waals surface area contributed by atoms with Crippen molar-refractivity contribution < 1.29 is 23.4 Å². The SMILES string of the molecule is COc1ccc(OC)c(COC(=O)/C=C/c2ccco2)c1. The van der Waals surface area contributed by atoms with Crippen molar-refractivity contribution in [3.05, 3.63) is 54.0 Å². The van der Waals surface area contributed by atoms with Gasteiger partial charge in [0.1, 0.15) is 23.9 Å². The van der Waals surface area contributed by atoms with Crippen molar-refractivity contribution >= 4 is 12.0 Å². The average molecular weight is 288 g/mol. The van der Waals surface area contributed by atoms with E-state index in [1.807, 2.05) is 0 Å². The second-order valence-corrected chi connectivity index (χ2v) is 4.13. The predicted molar refractivity (Wildman–Crippen MR) is 77.1 cm³/mol. The molecule has 1 aromatic heterocycles. The van der Waals surface area contributed by atoms with Crippen LogP contribution in [0.5, 0.6) is 11.5 Å². The van der Waals surface area contributed by atoms with E-state index in [2.05, 4.69) is 0 Å². The minimum atomic E-state index is -0.462. The maximum absolute atomic E-state index is 11.6. The van der Waals surface area contributed by atoms with Crippen LogP contribution in [-0.2, 0) is 16.1 Å². The molecule has 5 nitrogen and oxygen atoms in total. The number of hydrogen-bond donors (Lipinski definition) is 0. The van der Waals surface area contributed by atoms with E-state index in [4.69, 9.17) is 18.6 Å². The zero-order valence-corrected chi connectivity index (χ0v) is 11.9. The third-order valence-corrected chi connectivity index (χ3v) is 2.78. The normalized spacial score (nSPS) is 10.6. The molecular formula is C16H16O5. The fourth-order valence-corrected chi connectivity index (χ4v) is 1.73. The van der Waals surface area contributed by atoms with Gasteiger partial charge < -0.3 is 18.6 Å². The molecule has 0 bridgehead atoms. The van der Waals surface area contributed by atoms with Gasteiger partial charge in [-0.1, -0.05) is 0 Å². The standard InChI is InChI=1S/C16H16O5/c1-18-14-5-7-15(19-2)12(10-14)11-21-16(17)8-6-13-4-3-9-20-13/h3-10H,11H2,1-2H3/b8-6+. The van der Waals surface area contributed by atoms with Crippen LogP contribution in [0, 0.1) is 0 Å². The van der Waals surface area contributed by atoms with E-state index in [1.165, 1.54) is 12.3 Å². The van der Waals surface area contributed by atoms with Gasteiger partial charge in [-0.05, 0) is 36.4 Å². The molecule has 0 fully saturated rings. The fraction of sp³-hybridized carbons (Fsp3) is 0.188. The van der Waals surface area contributed by atoms with Crippen LogP contribution in [-0.4, -0.2) is 20.2 Å². The van der Waals surface area contributed by atoms with Crippen LogP contribution in [0.15, 0.2) is 47.1 Å². The Morgan fingerprint density at radius 3 is 2.76 bits per heavy atom. The highest BCUT2D eigenvalue weighted by molar-refractivity contribution is 5.86. The minimum Gasteiger partial charge on any atom is -0.497 e. The zero-order valence-electron chi connectivity index (χ0n) is 11.9. The number of hydrogen-bond acceptors (Lipinski definition) is 5. The number of methoxy groups -OCH3 is 2. The molecule has 2 rings (SSSR count). The van der Waals surface area contributed by atoms with Gasteiger partial charge in [0, 0.05) is 11.6 Å². The van der Waals surface area contributed by atoms with Crippen LogP contribution >= 0.6 is 0 Å². The number of esters is 1. The molecule has 0 saturated heterocycles. The molecule has 5 heteroatoms. The van der Waals surface area contributed by atoms with Crippen molar-refractivity contribution in [1.29, 1.82) is 0 Å². The van der Waals surface area contributed by atoms with E-state index in [0.717, 1.165) is 5.56 Å². The third-order valence-electron chi connectivity index (χ3n) is 2.78. The van der Waals surface area contributed by atoms with E-state index in [9.17, 15) is 4.79 Å². The van der Waals surface area contributed by atoms with Gasteiger partial charge in [-0.3, -0.25) is 0 Å². The van der Waals surface area contributed by atoms with Crippen molar-refractivity contribution in [2.75, 3.05) is 14.2 Å². The first-order valence-electron chi connectivity index (χ1n) is 6.32. The number of furan rings is 1. The molecule has 0 aliphatic carbocycles. The van der Waals surface area contributed by atoms with Gasteiger partial charge in [-0.15, -0.1) is 0 Å². The number of ether oxygens (including phenoxy) is 3. The first-order chi connectivity index (χ1) is 10.2. The van der Waals surface area contributed by atoms with Gasteiger partial charge in [0.25, 0.3) is 0 Å². The second kappa shape index (κ2) is 7.19. The van der Waals surface area contributed by atoms with Crippen LogP contribution in [0.4, 0.5) is 0 Å². The maximum Gasteiger partial charge on any atom is 0.331 e. The van der Waals surface area contributed by atoms with E-state index in [-0.39, 0.29) is 6.61 Å². The first kappa shape index (κ1) is 14.7. The summed E-state index contributed by atoms with van der Waals surface area (Å²) in [5.41, 5.74) is 0.733. The highest BCUT2D eigenvalue weighted by Crippen LogP contribution is 2.24. The Morgan fingerprint density at radius 1 is 1.24 bits per heavy atom. The monoisotopic (exact) mass is 288 g/mol. The summed E-state index contributed by atoms with van der Waals surface area (Å²) in [5, 5.41) is 0. The largest absolute Gasteiger partial charge is 0.497 e. The minimum absolute atomic E-state index is 0.0989. The average Bonchev–Trinajstić information content (AvgIpc) is 3.04. The van der Waals surface area contributed by atoms with E-state index in [1.54, 1.807) is 50.6 Å². The summed E-state index contributed by atoms with van der Waals surface area (Å²) >= 11 is 0. The molecule has 0 spiro atoms. The fourth-order valence-electron chi connectivity index (χ4n) is 1.73.